The minimum absolute atomic E-state index is 0.127. The van der Waals surface area contributed by atoms with E-state index in [9.17, 15) is 13.4 Å². The maximum absolute atomic E-state index is 13.5. The Morgan fingerprint density at radius 2 is 2.19 bits per heavy atom. The summed E-state index contributed by atoms with van der Waals surface area (Å²) in [5.74, 6) is -0.800. The second-order valence-electron chi connectivity index (χ2n) is 3.37. The van der Waals surface area contributed by atoms with Crippen molar-refractivity contribution in [3.63, 3.8) is 0 Å². The van der Waals surface area contributed by atoms with Gasteiger partial charge in [0.15, 0.2) is 6.10 Å². The molecular formula is C11H9FO3S. The molecule has 1 aromatic carbocycles. The maximum Gasteiger partial charge on any atom is 0.203 e. The lowest BCUT2D eigenvalue weighted by atomic mass is 10.1. The minimum Gasteiger partial charge on any atom is -0.485 e. The average Bonchev–Trinajstić information content (AvgIpc) is 2.63. The number of benzene rings is 1. The highest BCUT2D eigenvalue weighted by Gasteiger charge is 2.24. The van der Waals surface area contributed by atoms with Crippen LogP contribution in [0.15, 0.2) is 35.4 Å². The fourth-order valence-corrected chi connectivity index (χ4v) is 2.09. The zero-order valence-corrected chi connectivity index (χ0v) is 9.29. The molecule has 16 heavy (non-hydrogen) atoms. The lowest BCUT2D eigenvalue weighted by Crippen LogP contribution is -2.07. The van der Waals surface area contributed by atoms with E-state index in [1.807, 2.05) is 0 Å². The van der Waals surface area contributed by atoms with Crippen LogP contribution in [0.5, 0.6) is 0 Å². The summed E-state index contributed by atoms with van der Waals surface area (Å²) in [6.07, 6.45) is 3.22. The third kappa shape index (κ3) is 1.90. The first kappa shape index (κ1) is 11.0. The molecule has 0 radical (unpaired) electrons. The molecule has 1 heterocycles. The van der Waals surface area contributed by atoms with Gasteiger partial charge in [0.25, 0.3) is 0 Å². The van der Waals surface area contributed by atoms with Crippen LogP contribution in [0, 0.1) is 5.82 Å². The van der Waals surface area contributed by atoms with E-state index in [4.69, 9.17) is 4.74 Å². The first-order chi connectivity index (χ1) is 7.59. The topological polar surface area (TPSA) is 43.4 Å². The van der Waals surface area contributed by atoms with E-state index < -0.39 is 22.7 Å². The minimum atomic E-state index is -1.38. The molecule has 0 saturated heterocycles. The van der Waals surface area contributed by atoms with Gasteiger partial charge in [0.2, 0.25) is 5.78 Å². The molecule has 2 unspecified atom stereocenters. The van der Waals surface area contributed by atoms with Crippen molar-refractivity contribution in [3.05, 3.63) is 41.9 Å². The Kier molecular flexibility index (Phi) is 2.87. The molecule has 3 nitrogen and oxygen atoms in total. The largest absolute Gasteiger partial charge is 0.485 e. The number of carbonyl (C=O) groups is 1. The molecule has 0 aliphatic carbocycles. The van der Waals surface area contributed by atoms with Crippen LogP contribution >= 0.6 is 0 Å². The summed E-state index contributed by atoms with van der Waals surface area (Å²) in [6.45, 7) is 0. The van der Waals surface area contributed by atoms with Gasteiger partial charge in [0.1, 0.15) is 5.82 Å². The normalized spacial score (nSPS) is 20.9. The lowest BCUT2D eigenvalue weighted by Gasteiger charge is -2.10. The third-order valence-corrected chi connectivity index (χ3v) is 3.22. The van der Waals surface area contributed by atoms with Gasteiger partial charge in [-0.2, -0.15) is 0 Å². The van der Waals surface area contributed by atoms with Crippen molar-refractivity contribution in [1.29, 1.82) is 0 Å². The highest BCUT2D eigenvalue weighted by Crippen LogP contribution is 2.26. The zero-order valence-electron chi connectivity index (χ0n) is 8.48. The fourth-order valence-electron chi connectivity index (χ4n) is 1.50. The van der Waals surface area contributed by atoms with Gasteiger partial charge in [0, 0.05) is 17.9 Å². The predicted molar refractivity (Wildman–Crippen MR) is 56.7 cm³/mol. The SMILES string of the molecule is CS(=O)c1ccc(C2OC=CC2=O)cc1F. The Morgan fingerprint density at radius 1 is 1.44 bits per heavy atom. The Balaban J connectivity index is 2.35. The molecule has 84 valence electrons. The van der Waals surface area contributed by atoms with E-state index in [0.717, 1.165) is 0 Å². The van der Waals surface area contributed by atoms with E-state index in [1.165, 1.54) is 30.7 Å². The van der Waals surface area contributed by atoms with E-state index in [1.54, 1.807) is 6.07 Å². The molecule has 0 N–H and O–H groups in total. The molecule has 1 aliphatic heterocycles. The fraction of sp³-hybridized carbons (Fsp3) is 0.182. The van der Waals surface area contributed by atoms with Crippen LogP contribution in [0.25, 0.3) is 0 Å². The second-order valence-corrected chi connectivity index (χ2v) is 4.71. The number of ether oxygens (including phenoxy) is 1. The number of hydrogen-bond donors (Lipinski definition) is 0. The molecule has 1 aliphatic rings. The average molecular weight is 240 g/mol. The van der Waals surface area contributed by atoms with Crippen LogP contribution < -0.4 is 0 Å². The molecule has 1 aromatic rings. The van der Waals surface area contributed by atoms with Gasteiger partial charge in [-0.05, 0) is 12.1 Å². The molecule has 0 amide bonds. The first-order valence-corrected chi connectivity index (χ1v) is 6.14. The van der Waals surface area contributed by atoms with Crippen LogP contribution in [0.1, 0.15) is 11.7 Å². The van der Waals surface area contributed by atoms with Crippen molar-refractivity contribution < 1.29 is 18.1 Å². The van der Waals surface area contributed by atoms with Crippen molar-refractivity contribution in [2.45, 2.75) is 11.0 Å². The summed E-state index contributed by atoms with van der Waals surface area (Å²) in [6, 6.07) is 4.15. The van der Waals surface area contributed by atoms with Gasteiger partial charge in [-0.25, -0.2) is 4.39 Å². The second kappa shape index (κ2) is 4.17. The number of carbonyl (C=O) groups excluding carboxylic acids is 1. The van der Waals surface area contributed by atoms with Gasteiger partial charge in [0.05, 0.1) is 22.0 Å². The Morgan fingerprint density at radius 3 is 2.69 bits per heavy atom. The van der Waals surface area contributed by atoms with Crippen LogP contribution in [0.4, 0.5) is 4.39 Å². The lowest BCUT2D eigenvalue weighted by molar-refractivity contribution is -0.120. The molecule has 0 bridgehead atoms. The van der Waals surface area contributed by atoms with Crippen molar-refractivity contribution in [2.75, 3.05) is 6.26 Å². The molecule has 0 spiro atoms. The summed E-state index contributed by atoms with van der Waals surface area (Å²) >= 11 is 0. The van der Waals surface area contributed by atoms with Gasteiger partial charge < -0.3 is 4.74 Å². The van der Waals surface area contributed by atoms with Crippen molar-refractivity contribution in [3.8, 4) is 0 Å². The molecular weight excluding hydrogens is 231 g/mol. The monoisotopic (exact) mass is 240 g/mol. The van der Waals surface area contributed by atoms with Crippen LogP contribution in [-0.4, -0.2) is 16.2 Å². The summed E-state index contributed by atoms with van der Waals surface area (Å²) in [5.41, 5.74) is 0.432. The molecule has 5 heteroatoms. The first-order valence-electron chi connectivity index (χ1n) is 4.58. The molecule has 0 fully saturated rings. The summed E-state index contributed by atoms with van der Waals surface area (Å²) in [4.78, 5) is 11.4. The van der Waals surface area contributed by atoms with Gasteiger partial charge in [-0.1, -0.05) is 6.07 Å². The Hall–Kier alpha value is -1.49. The summed E-state index contributed by atoms with van der Waals surface area (Å²) in [5, 5.41) is 0. The molecule has 2 atom stereocenters. The van der Waals surface area contributed by atoms with Crippen LogP contribution in [-0.2, 0) is 20.3 Å². The highest BCUT2D eigenvalue weighted by atomic mass is 32.2. The van der Waals surface area contributed by atoms with Gasteiger partial charge in [-0.15, -0.1) is 0 Å². The quantitative estimate of drug-likeness (QED) is 0.790. The smallest absolute Gasteiger partial charge is 0.203 e. The summed E-state index contributed by atoms with van der Waals surface area (Å²) < 4.78 is 29.7. The Bertz CT molecular complexity index is 496. The number of hydrogen-bond acceptors (Lipinski definition) is 3. The Labute approximate surface area is 94.4 Å². The van der Waals surface area contributed by atoms with Crippen molar-refractivity contribution in [1.82, 2.24) is 0 Å². The van der Waals surface area contributed by atoms with E-state index in [2.05, 4.69) is 0 Å². The van der Waals surface area contributed by atoms with Crippen LogP contribution in [0.3, 0.4) is 0 Å². The molecule has 0 aromatic heterocycles. The van der Waals surface area contributed by atoms with E-state index in [-0.39, 0.29) is 10.7 Å². The van der Waals surface area contributed by atoms with Crippen molar-refractivity contribution in [2.24, 2.45) is 0 Å². The molecule has 2 rings (SSSR count). The number of rotatable bonds is 2. The van der Waals surface area contributed by atoms with Gasteiger partial charge >= 0.3 is 0 Å². The standard InChI is InChI=1S/C11H9FO3S/c1-16(14)10-3-2-7(6-8(10)12)11-9(13)4-5-15-11/h2-6,11H,1H3. The van der Waals surface area contributed by atoms with Crippen LogP contribution in [0.2, 0.25) is 0 Å². The van der Waals surface area contributed by atoms with E-state index in [0.29, 0.717) is 5.56 Å². The highest BCUT2D eigenvalue weighted by molar-refractivity contribution is 7.84. The third-order valence-electron chi connectivity index (χ3n) is 2.27. The van der Waals surface area contributed by atoms with E-state index >= 15 is 0 Å². The van der Waals surface area contributed by atoms with Gasteiger partial charge in [-0.3, -0.25) is 9.00 Å². The zero-order chi connectivity index (χ0) is 11.7. The van der Waals surface area contributed by atoms with Crippen molar-refractivity contribution >= 4 is 16.6 Å². The summed E-state index contributed by atoms with van der Waals surface area (Å²) in [7, 11) is -1.38. The number of halogens is 1. The predicted octanol–water partition coefficient (Wildman–Crippen LogP) is 1.72. The molecule has 0 saturated carbocycles. The maximum atomic E-state index is 13.5. The number of ketones is 1.